The van der Waals surface area contributed by atoms with Gasteiger partial charge in [-0.05, 0) is 38.9 Å². The number of carbonyl (C=O) groups is 1. The molecule has 0 atom stereocenters. The van der Waals surface area contributed by atoms with Crippen LogP contribution >= 0.6 is 0 Å². The number of furan rings is 1. The van der Waals surface area contributed by atoms with Crippen LogP contribution in [0.25, 0.3) is 0 Å². The van der Waals surface area contributed by atoms with E-state index in [0.717, 1.165) is 11.5 Å². The van der Waals surface area contributed by atoms with Crippen molar-refractivity contribution in [2.75, 3.05) is 26.8 Å². The number of carboxylic acid groups (broad SMARTS) is 1. The molecule has 106 valence electrons. The van der Waals surface area contributed by atoms with E-state index in [4.69, 9.17) is 9.15 Å². The van der Waals surface area contributed by atoms with E-state index in [2.05, 4.69) is 0 Å². The maximum absolute atomic E-state index is 11.6. The Labute approximate surface area is 113 Å². The molecule has 0 saturated carbocycles. The molecule has 1 saturated heterocycles. The van der Waals surface area contributed by atoms with Crippen molar-refractivity contribution in [3.8, 4) is 0 Å². The van der Waals surface area contributed by atoms with Crippen LogP contribution in [0.2, 0.25) is 0 Å². The highest BCUT2D eigenvalue weighted by molar-refractivity contribution is 5.75. The second kappa shape index (κ2) is 5.75. The Balaban J connectivity index is 1.98. The van der Waals surface area contributed by atoms with Gasteiger partial charge in [-0.1, -0.05) is 0 Å². The minimum atomic E-state index is -0.724. The third kappa shape index (κ3) is 3.36. The van der Waals surface area contributed by atoms with Crippen LogP contribution in [0, 0.1) is 12.3 Å². The Morgan fingerprint density at radius 1 is 1.42 bits per heavy atom. The average molecular weight is 267 g/mol. The van der Waals surface area contributed by atoms with Crippen LogP contribution in [0.1, 0.15) is 24.4 Å². The molecule has 0 aliphatic carbocycles. The first-order valence-electron chi connectivity index (χ1n) is 6.57. The lowest BCUT2D eigenvalue weighted by Crippen LogP contribution is -2.45. The lowest BCUT2D eigenvalue weighted by atomic mass is 9.80. The van der Waals surface area contributed by atoms with Crippen molar-refractivity contribution in [1.29, 1.82) is 0 Å². The van der Waals surface area contributed by atoms with Crippen molar-refractivity contribution in [2.45, 2.75) is 26.3 Å². The highest BCUT2D eigenvalue weighted by Gasteiger charge is 2.41. The molecule has 1 aliphatic rings. The molecule has 0 aromatic carbocycles. The summed E-state index contributed by atoms with van der Waals surface area (Å²) in [5, 5.41) is 9.50. The van der Waals surface area contributed by atoms with Gasteiger partial charge < -0.3 is 14.3 Å². The fraction of sp³-hybridized carbons (Fsp3) is 0.643. The standard InChI is InChI=1S/C14H21NO4/c1-11-3-4-12(19-11)9-15(2)10-14(13(16)17)5-7-18-8-6-14/h3-4H,5-10H2,1-2H3,(H,16,17). The first-order chi connectivity index (χ1) is 9.02. The monoisotopic (exact) mass is 267 g/mol. The number of carboxylic acids is 1. The Hall–Kier alpha value is -1.33. The minimum absolute atomic E-state index is 0.519. The molecule has 5 heteroatoms. The van der Waals surface area contributed by atoms with E-state index in [1.807, 2.05) is 31.0 Å². The number of hydrogen-bond acceptors (Lipinski definition) is 4. The Bertz CT molecular complexity index is 434. The summed E-state index contributed by atoms with van der Waals surface area (Å²) in [6, 6.07) is 3.86. The Kier molecular flexibility index (Phi) is 4.27. The molecule has 1 aromatic rings. The third-order valence-electron chi connectivity index (χ3n) is 3.70. The normalized spacial score (nSPS) is 18.7. The topological polar surface area (TPSA) is 62.9 Å². The van der Waals surface area contributed by atoms with Gasteiger partial charge in [0.05, 0.1) is 12.0 Å². The number of aliphatic carboxylic acids is 1. The Morgan fingerprint density at radius 3 is 2.63 bits per heavy atom. The zero-order chi connectivity index (χ0) is 13.9. The van der Waals surface area contributed by atoms with Crippen molar-refractivity contribution in [1.82, 2.24) is 4.90 Å². The molecule has 1 aliphatic heterocycles. The molecule has 0 bridgehead atoms. The molecule has 5 nitrogen and oxygen atoms in total. The fourth-order valence-electron chi connectivity index (χ4n) is 2.61. The number of rotatable bonds is 5. The highest BCUT2D eigenvalue weighted by Crippen LogP contribution is 2.32. The SMILES string of the molecule is Cc1ccc(CN(C)CC2(C(=O)O)CCOCC2)o1. The molecule has 0 spiro atoms. The van der Waals surface area contributed by atoms with Crippen LogP contribution in [-0.2, 0) is 16.1 Å². The van der Waals surface area contributed by atoms with E-state index >= 15 is 0 Å². The van der Waals surface area contributed by atoms with Gasteiger partial charge in [0.1, 0.15) is 11.5 Å². The Morgan fingerprint density at radius 2 is 2.11 bits per heavy atom. The van der Waals surface area contributed by atoms with Crippen LogP contribution in [0.3, 0.4) is 0 Å². The van der Waals surface area contributed by atoms with Crippen molar-refractivity contribution < 1.29 is 19.1 Å². The van der Waals surface area contributed by atoms with Gasteiger partial charge >= 0.3 is 5.97 Å². The zero-order valence-corrected chi connectivity index (χ0v) is 11.5. The number of nitrogens with zero attached hydrogens (tertiary/aromatic N) is 1. The van der Waals surface area contributed by atoms with Crippen molar-refractivity contribution in [3.63, 3.8) is 0 Å². The fourth-order valence-corrected chi connectivity index (χ4v) is 2.61. The second-order valence-corrected chi connectivity index (χ2v) is 5.38. The van der Waals surface area contributed by atoms with Gasteiger partial charge in [-0.3, -0.25) is 9.69 Å². The summed E-state index contributed by atoms with van der Waals surface area (Å²) in [6.45, 7) is 4.11. The van der Waals surface area contributed by atoms with Crippen LogP contribution in [0.5, 0.6) is 0 Å². The van der Waals surface area contributed by atoms with Gasteiger partial charge in [0, 0.05) is 19.8 Å². The average Bonchev–Trinajstić information content (AvgIpc) is 2.75. The summed E-state index contributed by atoms with van der Waals surface area (Å²) in [7, 11) is 1.93. The zero-order valence-electron chi connectivity index (χ0n) is 11.5. The van der Waals surface area contributed by atoms with Gasteiger partial charge in [-0.15, -0.1) is 0 Å². The predicted octanol–water partition coefficient (Wildman–Crippen LogP) is 1.90. The van der Waals surface area contributed by atoms with Gasteiger partial charge in [0.2, 0.25) is 0 Å². The maximum atomic E-state index is 11.6. The molecular formula is C14H21NO4. The van der Waals surface area contributed by atoms with E-state index in [1.54, 1.807) is 0 Å². The van der Waals surface area contributed by atoms with Gasteiger partial charge in [0.15, 0.2) is 0 Å². The first kappa shape index (κ1) is 14.1. The maximum Gasteiger partial charge on any atom is 0.311 e. The van der Waals surface area contributed by atoms with Crippen molar-refractivity contribution in [2.24, 2.45) is 5.41 Å². The number of hydrogen-bond donors (Lipinski definition) is 1. The molecular weight excluding hydrogens is 246 g/mol. The second-order valence-electron chi connectivity index (χ2n) is 5.38. The molecule has 0 amide bonds. The van der Waals surface area contributed by atoms with E-state index in [9.17, 15) is 9.90 Å². The predicted molar refractivity (Wildman–Crippen MR) is 69.9 cm³/mol. The molecule has 0 unspecified atom stereocenters. The van der Waals surface area contributed by atoms with Crippen LogP contribution in [-0.4, -0.2) is 42.8 Å². The molecule has 0 radical (unpaired) electrons. The molecule has 2 rings (SSSR count). The van der Waals surface area contributed by atoms with Crippen LogP contribution in [0.4, 0.5) is 0 Å². The van der Waals surface area contributed by atoms with Gasteiger partial charge in [-0.25, -0.2) is 0 Å². The first-order valence-corrected chi connectivity index (χ1v) is 6.57. The molecule has 1 fully saturated rings. The van der Waals surface area contributed by atoms with Gasteiger partial charge in [-0.2, -0.15) is 0 Å². The van der Waals surface area contributed by atoms with Crippen LogP contribution < -0.4 is 0 Å². The van der Waals surface area contributed by atoms with E-state index in [0.29, 0.717) is 39.1 Å². The molecule has 19 heavy (non-hydrogen) atoms. The van der Waals surface area contributed by atoms with E-state index in [-0.39, 0.29) is 0 Å². The molecule has 1 N–H and O–H groups in total. The third-order valence-corrected chi connectivity index (χ3v) is 3.70. The number of ether oxygens (including phenoxy) is 1. The lowest BCUT2D eigenvalue weighted by Gasteiger charge is -2.36. The smallest absolute Gasteiger partial charge is 0.311 e. The quantitative estimate of drug-likeness (QED) is 0.882. The summed E-state index contributed by atoms with van der Waals surface area (Å²) in [6.07, 6.45) is 1.15. The largest absolute Gasteiger partial charge is 0.481 e. The van der Waals surface area contributed by atoms with Gasteiger partial charge in [0.25, 0.3) is 0 Å². The summed E-state index contributed by atoms with van der Waals surface area (Å²) >= 11 is 0. The highest BCUT2D eigenvalue weighted by atomic mass is 16.5. The number of aryl methyl sites for hydroxylation is 1. The van der Waals surface area contributed by atoms with E-state index in [1.165, 1.54) is 0 Å². The van der Waals surface area contributed by atoms with E-state index < -0.39 is 11.4 Å². The molecule has 2 heterocycles. The summed E-state index contributed by atoms with van der Waals surface area (Å²) in [5.74, 6) is 1.02. The van der Waals surface area contributed by atoms with Crippen LogP contribution in [0.15, 0.2) is 16.5 Å². The minimum Gasteiger partial charge on any atom is -0.481 e. The summed E-state index contributed by atoms with van der Waals surface area (Å²) in [4.78, 5) is 13.6. The lowest BCUT2D eigenvalue weighted by molar-refractivity contribution is -0.156. The summed E-state index contributed by atoms with van der Waals surface area (Å²) in [5.41, 5.74) is -0.686. The summed E-state index contributed by atoms with van der Waals surface area (Å²) < 4.78 is 10.8. The van der Waals surface area contributed by atoms with Crippen molar-refractivity contribution >= 4 is 5.97 Å². The van der Waals surface area contributed by atoms with Crippen molar-refractivity contribution in [3.05, 3.63) is 23.7 Å². The molecule has 1 aromatic heterocycles.